The van der Waals surface area contributed by atoms with Crippen LogP contribution < -0.4 is 14.4 Å². The number of nitrogens with one attached hydrogen (secondary N) is 1. The molecule has 0 aliphatic heterocycles. The zero-order chi connectivity index (χ0) is 34.1. The van der Waals surface area contributed by atoms with Crippen molar-refractivity contribution >= 4 is 50.7 Å². The molecule has 4 aromatic carbocycles. The summed E-state index contributed by atoms with van der Waals surface area (Å²) in [5, 5.41) is 3.94. The Balaban J connectivity index is 1.57. The number of nitrogens with zero attached hydrogens (tertiary/aromatic N) is 2. The van der Waals surface area contributed by atoms with Crippen molar-refractivity contribution in [1.29, 1.82) is 0 Å². The molecule has 0 spiro atoms. The van der Waals surface area contributed by atoms with Gasteiger partial charge < -0.3 is 15.0 Å². The number of sulfonamides is 1. The number of ether oxygens (including phenoxy) is 1. The molecule has 4 aromatic rings. The minimum atomic E-state index is -4.29. The zero-order valence-corrected chi connectivity index (χ0v) is 29.1. The van der Waals surface area contributed by atoms with Crippen molar-refractivity contribution in [2.75, 3.05) is 18.0 Å². The minimum absolute atomic E-state index is 0.000183. The molecule has 8 nitrogen and oxygen atoms in total. The lowest BCUT2D eigenvalue weighted by molar-refractivity contribution is -0.140. The van der Waals surface area contributed by atoms with Crippen molar-refractivity contribution in [2.45, 2.75) is 62.0 Å². The van der Waals surface area contributed by atoms with Crippen LogP contribution in [0.1, 0.15) is 43.2 Å². The number of carbonyl (C=O) groups is 2. The summed E-state index contributed by atoms with van der Waals surface area (Å²) in [6.07, 6.45) is 5.12. The molecule has 1 aliphatic carbocycles. The van der Waals surface area contributed by atoms with Gasteiger partial charge in [0.1, 0.15) is 18.3 Å². The summed E-state index contributed by atoms with van der Waals surface area (Å²) < 4.78 is 34.7. The van der Waals surface area contributed by atoms with E-state index in [-0.39, 0.29) is 35.5 Å². The van der Waals surface area contributed by atoms with Crippen LogP contribution in [-0.4, -0.2) is 50.9 Å². The van der Waals surface area contributed by atoms with Gasteiger partial charge in [0.25, 0.3) is 10.0 Å². The fraction of sp³-hybridized carbons (Fsp3) is 0.297. The van der Waals surface area contributed by atoms with Gasteiger partial charge in [-0.15, -0.1) is 0 Å². The van der Waals surface area contributed by atoms with E-state index in [0.29, 0.717) is 21.4 Å². The lowest BCUT2D eigenvalue weighted by Gasteiger charge is -2.35. The highest BCUT2D eigenvalue weighted by Gasteiger charge is 2.35. The van der Waals surface area contributed by atoms with Crippen LogP contribution in [0.25, 0.3) is 0 Å². The summed E-state index contributed by atoms with van der Waals surface area (Å²) in [5.41, 5.74) is 1.69. The van der Waals surface area contributed by atoms with E-state index in [0.717, 1.165) is 42.0 Å². The molecular formula is C37H39Cl2N3O5S. The van der Waals surface area contributed by atoms with Crippen molar-refractivity contribution in [2.24, 2.45) is 0 Å². The molecule has 0 unspecified atom stereocenters. The highest BCUT2D eigenvalue weighted by Crippen LogP contribution is 2.29. The quantitative estimate of drug-likeness (QED) is 0.158. The SMILES string of the molecule is COc1ccc(S(=O)(=O)N(CC(=O)N(Cc2ccccc2Cl)[C@H](Cc2ccccc2)C(=O)NC2CCCCC2)c2cccc(Cl)c2)cc1. The van der Waals surface area contributed by atoms with Gasteiger partial charge in [0.2, 0.25) is 11.8 Å². The van der Waals surface area contributed by atoms with E-state index in [1.165, 1.54) is 30.2 Å². The van der Waals surface area contributed by atoms with Gasteiger partial charge in [-0.3, -0.25) is 13.9 Å². The van der Waals surface area contributed by atoms with Crippen molar-refractivity contribution in [3.63, 3.8) is 0 Å². The van der Waals surface area contributed by atoms with Crippen molar-refractivity contribution in [3.8, 4) is 5.75 Å². The van der Waals surface area contributed by atoms with Crippen LogP contribution >= 0.6 is 23.2 Å². The number of carbonyl (C=O) groups excluding carboxylic acids is 2. The monoisotopic (exact) mass is 707 g/mol. The van der Waals surface area contributed by atoms with Gasteiger partial charge >= 0.3 is 0 Å². The molecular weight excluding hydrogens is 669 g/mol. The average Bonchev–Trinajstić information content (AvgIpc) is 3.10. The molecule has 1 aliphatic rings. The maximum absolute atomic E-state index is 14.7. The van der Waals surface area contributed by atoms with Gasteiger partial charge in [-0.25, -0.2) is 8.42 Å². The highest BCUT2D eigenvalue weighted by molar-refractivity contribution is 7.92. The molecule has 2 amide bonds. The van der Waals surface area contributed by atoms with Crippen LogP contribution in [0.3, 0.4) is 0 Å². The molecule has 0 radical (unpaired) electrons. The number of hydrogen-bond donors (Lipinski definition) is 1. The topological polar surface area (TPSA) is 96.0 Å². The normalized spacial score (nSPS) is 14.1. The molecule has 5 rings (SSSR count). The minimum Gasteiger partial charge on any atom is -0.497 e. The molecule has 0 heterocycles. The summed E-state index contributed by atoms with van der Waals surface area (Å²) in [7, 11) is -2.80. The predicted molar refractivity (Wildman–Crippen MR) is 190 cm³/mol. The van der Waals surface area contributed by atoms with E-state index in [9.17, 15) is 18.0 Å². The first-order chi connectivity index (χ1) is 23.2. The third-order valence-corrected chi connectivity index (χ3v) is 10.9. The summed E-state index contributed by atoms with van der Waals surface area (Å²) >= 11 is 12.9. The maximum atomic E-state index is 14.7. The summed E-state index contributed by atoms with van der Waals surface area (Å²) in [5.74, 6) is -0.386. The third kappa shape index (κ3) is 8.89. The first kappa shape index (κ1) is 35.3. The van der Waals surface area contributed by atoms with Crippen LogP contribution in [0.15, 0.2) is 108 Å². The Kier molecular flexibility index (Phi) is 12.0. The van der Waals surface area contributed by atoms with Crippen molar-refractivity contribution in [1.82, 2.24) is 10.2 Å². The van der Waals surface area contributed by atoms with Crippen LogP contribution in [0.2, 0.25) is 10.0 Å². The standard InChI is InChI=1S/C37H39Cl2N3O5S/c1-47-32-19-21-33(22-20-32)48(45,46)42(31-17-10-14-29(38)24-31)26-36(43)41(25-28-13-8-9-18-34(28)39)35(23-27-11-4-2-5-12-27)37(44)40-30-15-6-3-7-16-30/h2,4-5,8-14,17-22,24,30,35H,3,6-7,15-16,23,25-26H2,1H3,(H,40,44)/t35-/m1/s1. The predicted octanol–water partition coefficient (Wildman–Crippen LogP) is 7.29. The molecule has 1 atom stereocenters. The number of hydrogen-bond acceptors (Lipinski definition) is 5. The van der Waals surface area contributed by atoms with Crippen LogP contribution in [-0.2, 0) is 32.6 Å². The van der Waals surface area contributed by atoms with Crippen LogP contribution in [0.4, 0.5) is 5.69 Å². The van der Waals surface area contributed by atoms with Gasteiger partial charge in [-0.1, -0.05) is 97.1 Å². The second-order valence-corrected chi connectivity index (χ2v) is 14.5. The summed E-state index contributed by atoms with van der Waals surface area (Å²) in [6, 6.07) is 27.9. The van der Waals surface area contributed by atoms with E-state index < -0.39 is 28.5 Å². The molecule has 0 aromatic heterocycles. The number of methoxy groups -OCH3 is 1. The van der Waals surface area contributed by atoms with Crippen molar-refractivity contribution in [3.05, 3.63) is 124 Å². The fourth-order valence-electron chi connectivity index (χ4n) is 5.94. The van der Waals surface area contributed by atoms with E-state index in [1.54, 1.807) is 48.5 Å². The Morgan fingerprint density at radius 3 is 2.23 bits per heavy atom. The number of amides is 2. The van der Waals surface area contributed by atoms with Crippen LogP contribution in [0, 0.1) is 0 Å². The highest BCUT2D eigenvalue weighted by atomic mass is 35.5. The van der Waals surface area contributed by atoms with E-state index in [2.05, 4.69) is 5.32 Å². The first-order valence-corrected chi connectivity index (χ1v) is 18.1. The molecule has 1 fully saturated rings. The number of rotatable bonds is 13. The first-order valence-electron chi connectivity index (χ1n) is 16.0. The van der Waals surface area contributed by atoms with Crippen molar-refractivity contribution < 1.29 is 22.7 Å². The largest absolute Gasteiger partial charge is 0.497 e. The second-order valence-electron chi connectivity index (χ2n) is 11.8. The second kappa shape index (κ2) is 16.4. The Morgan fingerprint density at radius 1 is 0.875 bits per heavy atom. The van der Waals surface area contributed by atoms with Gasteiger partial charge in [-0.05, 0) is 72.5 Å². The number of halogens is 2. The summed E-state index contributed by atoms with van der Waals surface area (Å²) in [6.45, 7) is -0.610. The lowest BCUT2D eigenvalue weighted by Crippen LogP contribution is -2.55. The smallest absolute Gasteiger partial charge is 0.264 e. The van der Waals surface area contributed by atoms with Gasteiger partial charge in [0.05, 0.1) is 17.7 Å². The van der Waals surface area contributed by atoms with Gasteiger partial charge in [-0.2, -0.15) is 0 Å². The summed E-state index contributed by atoms with van der Waals surface area (Å²) in [4.78, 5) is 30.3. The third-order valence-electron chi connectivity index (χ3n) is 8.54. The Labute approximate surface area is 292 Å². The number of benzene rings is 4. The van der Waals surface area contributed by atoms with E-state index >= 15 is 0 Å². The Hall–Kier alpha value is -4.05. The Morgan fingerprint density at radius 2 is 1.56 bits per heavy atom. The molecule has 252 valence electrons. The molecule has 1 saturated carbocycles. The maximum Gasteiger partial charge on any atom is 0.264 e. The van der Waals surface area contributed by atoms with E-state index in [4.69, 9.17) is 27.9 Å². The lowest BCUT2D eigenvalue weighted by atomic mass is 9.94. The zero-order valence-electron chi connectivity index (χ0n) is 26.7. The van der Waals surface area contributed by atoms with Crippen LogP contribution in [0.5, 0.6) is 5.75 Å². The van der Waals surface area contributed by atoms with E-state index in [1.807, 2.05) is 36.4 Å². The average molecular weight is 709 g/mol. The molecule has 11 heteroatoms. The molecule has 1 N–H and O–H groups in total. The molecule has 48 heavy (non-hydrogen) atoms. The van der Waals surface area contributed by atoms with Gasteiger partial charge in [0.15, 0.2) is 0 Å². The molecule has 0 saturated heterocycles. The fourth-order valence-corrected chi connectivity index (χ4v) is 7.73. The van der Waals surface area contributed by atoms with Gasteiger partial charge in [0, 0.05) is 29.1 Å². The Bertz CT molecular complexity index is 1800. The molecule has 0 bridgehead atoms. The number of anilines is 1.